The van der Waals surface area contributed by atoms with Crippen LogP contribution in [-0.4, -0.2) is 23.5 Å². The van der Waals surface area contributed by atoms with Gasteiger partial charge in [0.1, 0.15) is 28.2 Å². The highest BCUT2D eigenvalue weighted by Gasteiger charge is 2.23. The summed E-state index contributed by atoms with van der Waals surface area (Å²) in [7, 11) is 0. The van der Waals surface area contributed by atoms with Crippen molar-refractivity contribution in [3.8, 4) is 11.5 Å². The number of ether oxygens (including phenoxy) is 3. The third-order valence-corrected chi connectivity index (χ3v) is 5.92. The van der Waals surface area contributed by atoms with Gasteiger partial charge in [-0.25, -0.2) is 9.59 Å². The number of para-hydroxylation sites is 2. The molecule has 0 aliphatic heterocycles. The molecule has 2 rings (SSSR count). The molecule has 0 N–H and O–H groups in total. The quantitative estimate of drug-likeness (QED) is 0.101. The Morgan fingerprint density at radius 2 is 0.956 bits per heavy atom. The first-order valence-corrected chi connectivity index (χ1v) is 15.5. The molecule has 6 heteroatoms. The van der Waals surface area contributed by atoms with Crippen molar-refractivity contribution in [3.05, 3.63) is 133 Å². The number of allylic oxidation sites excluding steroid dienone is 11. The number of esters is 3. The van der Waals surface area contributed by atoms with Crippen molar-refractivity contribution < 1.29 is 28.6 Å². The van der Waals surface area contributed by atoms with Crippen molar-refractivity contribution in [3.63, 3.8) is 0 Å². The summed E-state index contributed by atoms with van der Waals surface area (Å²) in [5.41, 5.74) is -0.529. The number of benzene rings is 2. The fourth-order valence-electron chi connectivity index (χ4n) is 3.80. The van der Waals surface area contributed by atoms with Gasteiger partial charge in [0.25, 0.3) is 0 Å². The third-order valence-electron chi connectivity index (χ3n) is 5.92. The topological polar surface area (TPSA) is 78.9 Å². The highest BCUT2D eigenvalue weighted by molar-refractivity contribution is 5.98. The maximum atomic E-state index is 13.0. The summed E-state index contributed by atoms with van der Waals surface area (Å²) in [4.78, 5) is 38.1. The minimum Gasteiger partial charge on any atom is -0.456 e. The lowest BCUT2D eigenvalue weighted by molar-refractivity contribution is -0.133. The van der Waals surface area contributed by atoms with Crippen molar-refractivity contribution in [2.24, 2.45) is 0 Å². The molecule has 0 radical (unpaired) electrons. The standard InChI is InChI=1S/C39H46O6/c1-5-6-7-8-9-10-11-12-13-14-15-16-17-18-19-20-21-22-31-36(40)43-34-29-25-23-27-32(34)37(41)44-35-30-26-24-28-33(35)38(42)45-39(2,3)4/h6-7,9-10,12-13,15-16,18-19,21-30H,5,8,11,14,17,20,31H2,1-4H3/b7-6-,10-9-,13-12-,16-15-,19-18-,22-21-. The van der Waals surface area contributed by atoms with Gasteiger partial charge in [-0.2, -0.15) is 0 Å². The highest BCUT2D eigenvalue weighted by atomic mass is 16.6. The molecule has 0 aliphatic carbocycles. The van der Waals surface area contributed by atoms with E-state index in [9.17, 15) is 14.4 Å². The molecule has 6 nitrogen and oxygen atoms in total. The Hall–Kier alpha value is -4.71. The zero-order valence-corrected chi connectivity index (χ0v) is 26.9. The molecule has 0 aliphatic rings. The summed E-state index contributed by atoms with van der Waals surface area (Å²) in [6.45, 7) is 7.40. The molecular formula is C39H46O6. The SMILES string of the molecule is CC/C=C\C/C=C\C/C=C\C/C=C\C/C=C\C/C=C\CC(=O)Oc1ccccc1C(=O)Oc1ccccc1C(=O)OC(C)(C)C. The van der Waals surface area contributed by atoms with E-state index in [1.807, 2.05) is 12.2 Å². The minimum atomic E-state index is -0.761. The maximum Gasteiger partial charge on any atom is 0.347 e. The zero-order valence-electron chi connectivity index (χ0n) is 26.9. The van der Waals surface area contributed by atoms with Crippen molar-refractivity contribution in [2.45, 2.75) is 78.2 Å². The zero-order chi connectivity index (χ0) is 32.8. The van der Waals surface area contributed by atoms with E-state index in [1.54, 1.807) is 51.1 Å². The maximum absolute atomic E-state index is 13.0. The Bertz CT molecular complexity index is 1400. The molecule has 0 fully saturated rings. The number of rotatable bonds is 17. The molecule has 238 valence electrons. The first kappa shape index (κ1) is 36.5. The normalized spacial score (nSPS) is 12.4. The Kier molecular flexibility index (Phi) is 17.1. The van der Waals surface area contributed by atoms with Gasteiger partial charge in [0, 0.05) is 0 Å². The summed E-state index contributed by atoms with van der Waals surface area (Å²) in [5, 5.41) is 0. The molecule has 0 bridgehead atoms. The van der Waals surface area contributed by atoms with E-state index >= 15 is 0 Å². The van der Waals surface area contributed by atoms with E-state index < -0.39 is 23.5 Å². The largest absolute Gasteiger partial charge is 0.456 e. The van der Waals surface area contributed by atoms with Crippen LogP contribution in [0.4, 0.5) is 0 Å². The van der Waals surface area contributed by atoms with Crippen molar-refractivity contribution in [1.29, 1.82) is 0 Å². The molecule has 0 saturated carbocycles. The van der Waals surface area contributed by atoms with Crippen molar-refractivity contribution in [1.82, 2.24) is 0 Å². The second-order valence-corrected chi connectivity index (χ2v) is 11.0. The van der Waals surface area contributed by atoms with Crippen LogP contribution < -0.4 is 9.47 Å². The van der Waals surface area contributed by atoms with Crippen LogP contribution in [0.3, 0.4) is 0 Å². The van der Waals surface area contributed by atoms with Crippen LogP contribution in [0.5, 0.6) is 11.5 Å². The monoisotopic (exact) mass is 610 g/mol. The Morgan fingerprint density at radius 1 is 0.556 bits per heavy atom. The fourth-order valence-corrected chi connectivity index (χ4v) is 3.80. The number of carbonyl (C=O) groups excluding carboxylic acids is 3. The lowest BCUT2D eigenvalue weighted by Crippen LogP contribution is -2.24. The van der Waals surface area contributed by atoms with E-state index in [0.29, 0.717) is 6.42 Å². The first-order valence-electron chi connectivity index (χ1n) is 15.5. The summed E-state index contributed by atoms with van der Waals surface area (Å²) in [6, 6.07) is 12.6. The second-order valence-electron chi connectivity index (χ2n) is 11.0. The predicted octanol–water partition coefficient (Wildman–Crippen LogP) is 9.85. The van der Waals surface area contributed by atoms with Gasteiger partial charge in [-0.15, -0.1) is 0 Å². The predicted molar refractivity (Wildman–Crippen MR) is 181 cm³/mol. The molecule has 0 amide bonds. The summed E-state index contributed by atoms with van der Waals surface area (Å²) < 4.78 is 16.4. The van der Waals surface area contributed by atoms with Gasteiger partial charge in [0.15, 0.2) is 0 Å². The molecule has 0 saturated heterocycles. The van der Waals surface area contributed by atoms with Crippen LogP contribution in [0.25, 0.3) is 0 Å². The van der Waals surface area contributed by atoms with Crippen molar-refractivity contribution >= 4 is 17.9 Å². The first-order chi connectivity index (χ1) is 21.7. The third kappa shape index (κ3) is 16.1. The number of hydrogen-bond donors (Lipinski definition) is 0. The van der Waals surface area contributed by atoms with E-state index in [1.165, 1.54) is 24.3 Å². The molecule has 45 heavy (non-hydrogen) atoms. The van der Waals surface area contributed by atoms with Crippen LogP contribution in [0.1, 0.15) is 93.4 Å². The van der Waals surface area contributed by atoms with Gasteiger partial charge in [0.2, 0.25) is 0 Å². The van der Waals surface area contributed by atoms with E-state index in [-0.39, 0.29) is 29.0 Å². The summed E-state index contributed by atoms with van der Waals surface area (Å²) >= 11 is 0. The number of hydrogen-bond acceptors (Lipinski definition) is 6. The molecule has 0 aromatic heterocycles. The fraction of sp³-hybridized carbons (Fsp3) is 0.308. The summed E-state index contributed by atoms with van der Waals surface area (Å²) in [5.74, 6) is -1.75. The molecule has 0 spiro atoms. The molecule has 0 atom stereocenters. The second kappa shape index (κ2) is 21.1. The number of carbonyl (C=O) groups is 3. The van der Waals surface area contributed by atoms with Gasteiger partial charge >= 0.3 is 17.9 Å². The van der Waals surface area contributed by atoms with Crippen molar-refractivity contribution in [2.75, 3.05) is 0 Å². The van der Waals surface area contributed by atoms with E-state index in [2.05, 4.69) is 61.6 Å². The van der Waals surface area contributed by atoms with Gasteiger partial charge in [-0.3, -0.25) is 4.79 Å². The van der Waals surface area contributed by atoms with Crippen LogP contribution in [0.2, 0.25) is 0 Å². The van der Waals surface area contributed by atoms with Gasteiger partial charge < -0.3 is 14.2 Å². The average Bonchev–Trinajstić information content (AvgIpc) is 3.00. The smallest absolute Gasteiger partial charge is 0.347 e. The van der Waals surface area contributed by atoms with E-state index in [4.69, 9.17) is 14.2 Å². The molecule has 2 aromatic rings. The molecule has 0 heterocycles. The molecule has 2 aromatic carbocycles. The van der Waals surface area contributed by atoms with Crippen LogP contribution in [-0.2, 0) is 9.53 Å². The van der Waals surface area contributed by atoms with E-state index in [0.717, 1.165) is 32.1 Å². The highest BCUT2D eigenvalue weighted by Crippen LogP contribution is 2.25. The summed E-state index contributed by atoms with van der Waals surface area (Å²) in [6.07, 6.45) is 30.7. The molecular weight excluding hydrogens is 564 g/mol. The van der Waals surface area contributed by atoms with Crippen LogP contribution in [0.15, 0.2) is 121 Å². The van der Waals surface area contributed by atoms with Gasteiger partial charge in [-0.05, 0) is 83.6 Å². The van der Waals surface area contributed by atoms with Gasteiger partial charge in [-0.1, -0.05) is 104 Å². The Morgan fingerprint density at radius 3 is 1.42 bits per heavy atom. The van der Waals surface area contributed by atoms with Crippen LogP contribution in [0, 0.1) is 0 Å². The van der Waals surface area contributed by atoms with Crippen LogP contribution >= 0.6 is 0 Å². The Labute approximate surface area is 268 Å². The lowest BCUT2D eigenvalue weighted by atomic mass is 10.1. The van der Waals surface area contributed by atoms with Gasteiger partial charge in [0.05, 0.1) is 6.42 Å². The minimum absolute atomic E-state index is 0.0512. The average molecular weight is 611 g/mol. The lowest BCUT2D eigenvalue weighted by Gasteiger charge is -2.20. The Balaban J connectivity index is 1.77. The molecule has 0 unspecified atom stereocenters.